The van der Waals surface area contributed by atoms with Crippen molar-refractivity contribution >= 4 is 15.7 Å². The van der Waals surface area contributed by atoms with Crippen LogP contribution in [0.2, 0.25) is 0 Å². The van der Waals surface area contributed by atoms with Gasteiger partial charge in [0.25, 0.3) is 0 Å². The van der Waals surface area contributed by atoms with Crippen molar-refractivity contribution in [1.29, 1.82) is 0 Å². The highest BCUT2D eigenvalue weighted by Gasteiger charge is 2.18. The second-order valence-corrected chi connectivity index (χ2v) is 6.90. The summed E-state index contributed by atoms with van der Waals surface area (Å²) in [6.07, 6.45) is 0. The van der Waals surface area contributed by atoms with Gasteiger partial charge in [-0.1, -0.05) is 0 Å². The number of rotatable bonds is 6. The lowest BCUT2D eigenvalue weighted by atomic mass is 10.3. The van der Waals surface area contributed by atoms with Crippen LogP contribution in [-0.2, 0) is 14.6 Å². The number of sulfone groups is 1. The molecule has 0 aromatic heterocycles. The predicted molar refractivity (Wildman–Crippen MR) is 72.9 cm³/mol. The molecule has 19 heavy (non-hydrogen) atoms. The standard InChI is InChI=1S/C13H19NO4S/c1-10(2)19(16,17)13-6-4-12(5-7-13)18-9-8-14-11(3)15/h4-7,10H,8-9H2,1-3H3,(H,14,15). The van der Waals surface area contributed by atoms with E-state index in [0.717, 1.165) is 0 Å². The zero-order chi connectivity index (χ0) is 14.5. The summed E-state index contributed by atoms with van der Waals surface area (Å²) in [5.74, 6) is 0.468. The largest absolute Gasteiger partial charge is 0.492 e. The minimum absolute atomic E-state index is 0.109. The Balaban J connectivity index is 2.60. The van der Waals surface area contributed by atoms with E-state index in [0.29, 0.717) is 18.9 Å². The first-order chi connectivity index (χ1) is 8.84. The topological polar surface area (TPSA) is 72.5 Å². The molecule has 1 N–H and O–H groups in total. The molecule has 1 rings (SSSR count). The van der Waals surface area contributed by atoms with E-state index in [1.54, 1.807) is 26.0 Å². The van der Waals surface area contributed by atoms with Crippen LogP contribution in [0.25, 0.3) is 0 Å². The highest BCUT2D eigenvalue weighted by molar-refractivity contribution is 7.92. The SMILES string of the molecule is CC(=O)NCCOc1ccc(S(=O)(=O)C(C)C)cc1. The number of nitrogens with one attached hydrogen (secondary N) is 1. The zero-order valence-corrected chi connectivity index (χ0v) is 12.2. The summed E-state index contributed by atoms with van der Waals surface area (Å²) in [7, 11) is -3.24. The number of ether oxygens (including phenoxy) is 1. The van der Waals surface area contributed by atoms with Crippen LogP contribution in [0.4, 0.5) is 0 Å². The fraction of sp³-hybridized carbons (Fsp3) is 0.462. The Hall–Kier alpha value is -1.56. The molecule has 1 aromatic carbocycles. The van der Waals surface area contributed by atoms with E-state index in [-0.39, 0.29) is 10.8 Å². The lowest BCUT2D eigenvalue weighted by molar-refractivity contribution is -0.119. The molecule has 0 aliphatic carbocycles. The van der Waals surface area contributed by atoms with Crippen molar-refractivity contribution in [1.82, 2.24) is 5.32 Å². The molecular formula is C13H19NO4S. The number of amides is 1. The molecule has 106 valence electrons. The summed E-state index contributed by atoms with van der Waals surface area (Å²) in [6.45, 7) is 5.49. The zero-order valence-electron chi connectivity index (χ0n) is 11.3. The average molecular weight is 285 g/mol. The summed E-state index contributed by atoms with van der Waals surface area (Å²) in [5.41, 5.74) is 0. The maximum Gasteiger partial charge on any atom is 0.216 e. The summed E-state index contributed by atoms with van der Waals surface area (Å²) in [4.78, 5) is 10.9. The van der Waals surface area contributed by atoms with Gasteiger partial charge in [0, 0.05) is 6.92 Å². The van der Waals surface area contributed by atoms with Crippen LogP contribution >= 0.6 is 0 Å². The smallest absolute Gasteiger partial charge is 0.216 e. The van der Waals surface area contributed by atoms with Gasteiger partial charge in [-0.15, -0.1) is 0 Å². The van der Waals surface area contributed by atoms with E-state index < -0.39 is 15.1 Å². The number of benzene rings is 1. The van der Waals surface area contributed by atoms with Crippen molar-refractivity contribution in [3.05, 3.63) is 24.3 Å². The molecule has 0 aliphatic rings. The van der Waals surface area contributed by atoms with Crippen molar-refractivity contribution in [2.45, 2.75) is 30.9 Å². The Morgan fingerprint density at radius 3 is 2.32 bits per heavy atom. The number of hydrogen-bond donors (Lipinski definition) is 1. The first-order valence-corrected chi connectivity index (χ1v) is 7.60. The molecule has 0 fully saturated rings. The van der Waals surface area contributed by atoms with Crippen molar-refractivity contribution in [3.63, 3.8) is 0 Å². The minimum atomic E-state index is -3.24. The number of hydrogen-bond acceptors (Lipinski definition) is 4. The third-order valence-corrected chi connectivity index (χ3v) is 4.69. The summed E-state index contributed by atoms with van der Waals surface area (Å²) in [5, 5.41) is 2.16. The molecule has 0 heterocycles. The van der Waals surface area contributed by atoms with Crippen molar-refractivity contribution in [2.24, 2.45) is 0 Å². The predicted octanol–water partition coefficient (Wildman–Crippen LogP) is 1.38. The number of carbonyl (C=O) groups excluding carboxylic acids is 1. The van der Waals surface area contributed by atoms with Gasteiger partial charge in [-0.25, -0.2) is 8.42 Å². The fourth-order valence-electron chi connectivity index (χ4n) is 1.39. The molecule has 0 aliphatic heterocycles. The Bertz CT molecular complexity index is 520. The Morgan fingerprint density at radius 2 is 1.84 bits per heavy atom. The molecule has 1 amide bonds. The lowest BCUT2D eigenvalue weighted by Crippen LogP contribution is -2.25. The van der Waals surface area contributed by atoms with Crippen molar-refractivity contribution < 1.29 is 17.9 Å². The van der Waals surface area contributed by atoms with Gasteiger partial charge in [0.05, 0.1) is 16.7 Å². The van der Waals surface area contributed by atoms with Crippen LogP contribution in [0.5, 0.6) is 5.75 Å². The maximum atomic E-state index is 11.9. The summed E-state index contributed by atoms with van der Waals surface area (Å²) < 4.78 is 29.2. The van der Waals surface area contributed by atoms with Crippen molar-refractivity contribution in [3.8, 4) is 5.75 Å². The van der Waals surface area contributed by atoms with Crippen LogP contribution in [0.15, 0.2) is 29.2 Å². The second kappa shape index (κ2) is 6.56. The van der Waals surface area contributed by atoms with Gasteiger partial charge in [0.1, 0.15) is 12.4 Å². The molecule has 0 bridgehead atoms. The monoisotopic (exact) mass is 285 g/mol. The highest BCUT2D eigenvalue weighted by Crippen LogP contribution is 2.19. The Kier molecular flexibility index (Phi) is 5.35. The van der Waals surface area contributed by atoms with Crippen LogP contribution in [0.3, 0.4) is 0 Å². The summed E-state index contributed by atoms with van der Waals surface area (Å²) in [6, 6.07) is 6.29. The molecule has 0 saturated carbocycles. The fourth-order valence-corrected chi connectivity index (χ4v) is 2.45. The van der Waals surface area contributed by atoms with Gasteiger partial charge < -0.3 is 10.1 Å². The Labute approximate surface area is 113 Å². The van der Waals surface area contributed by atoms with E-state index in [2.05, 4.69) is 5.32 Å². The van der Waals surface area contributed by atoms with E-state index in [1.165, 1.54) is 19.1 Å². The summed E-state index contributed by atoms with van der Waals surface area (Å²) >= 11 is 0. The van der Waals surface area contributed by atoms with Gasteiger partial charge in [-0.3, -0.25) is 4.79 Å². The maximum absolute atomic E-state index is 11.9. The van der Waals surface area contributed by atoms with E-state index in [1.807, 2.05) is 0 Å². The Morgan fingerprint density at radius 1 is 1.26 bits per heavy atom. The van der Waals surface area contributed by atoms with Crippen LogP contribution in [0, 0.1) is 0 Å². The van der Waals surface area contributed by atoms with Crippen molar-refractivity contribution in [2.75, 3.05) is 13.2 Å². The first kappa shape index (κ1) is 15.5. The first-order valence-electron chi connectivity index (χ1n) is 6.05. The van der Waals surface area contributed by atoms with Crippen LogP contribution in [-0.4, -0.2) is 32.7 Å². The lowest BCUT2D eigenvalue weighted by Gasteiger charge is -2.09. The van der Waals surface area contributed by atoms with Gasteiger partial charge in [0.15, 0.2) is 9.84 Å². The van der Waals surface area contributed by atoms with Gasteiger partial charge in [-0.2, -0.15) is 0 Å². The van der Waals surface area contributed by atoms with E-state index >= 15 is 0 Å². The quantitative estimate of drug-likeness (QED) is 0.802. The third-order valence-electron chi connectivity index (χ3n) is 2.52. The third kappa shape index (κ3) is 4.55. The molecule has 0 radical (unpaired) electrons. The minimum Gasteiger partial charge on any atom is -0.492 e. The van der Waals surface area contributed by atoms with Gasteiger partial charge in [-0.05, 0) is 38.1 Å². The molecule has 5 nitrogen and oxygen atoms in total. The van der Waals surface area contributed by atoms with Crippen LogP contribution in [0.1, 0.15) is 20.8 Å². The van der Waals surface area contributed by atoms with E-state index in [4.69, 9.17) is 4.74 Å². The molecule has 1 aromatic rings. The van der Waals surface area contributed by atoms with Crippen LogP contribution < -0.4 is 10.1 Å². The normalized spacial score (nSPS) is 11.4. The highest BCUT2D eigenvalue weighted by atomic mass is 32.2. The van der Waals surface area contributed by atoms with Gasteiger partial charge >= 0.3 is 0 Å². The molecule has 0 spiro atoms. The number of carbonyl (C=O) groups is 1. The van der Waals surface area contributed by atoms with E-state index in [9.17, 15) is 13.2 Å². The molecule has 0 unspecified atom stereocenters. The molecule has 0 saturated heterocycles. The molecule has 6 heteroatoms. The molecule has 0 atom stereocenters. The average Bonchev–Trinajstić information content (AvgIpc) is 2.35. The second-order valence-electron chi connectivity index (χ2n) is 4.40. The molecular weight excluding hydrogens is 266 g/mol. The van der Waals surface area contributed by atoms with Gasteiger partial charge in [0.2, 0.25) is 5.91 Å².